The van der Waals surface area contributed by atoms with Gasteiger partial charge in [0, 0.05) is 62.4 Å². The normalized spacial score (nSPS) is 14.1. The molecule has 1 saturated heterocycles. The van der Waals surface area contributed by atoms with Crippen LogP contribution in [0.25, 0.3) is 22.2 Å². The van der Waals surface area contributed by atoms with Crippen LogP contribution in [0.2, 0.25) is 0 Å². The molecule has 1 fully saturated rings. The zero-order valence-electron chi connectivity index (χ0n) is 25.7. The summed E-state index contributed by atoms with van der Waals surface area (Å²) in [5.41, 5.74) is 0.844. The van der Waals surface area contributed by atoms with Gasteiger partial charge in [0.05, 0.1) is 16.8 Å². The van der Waals surface area contributed by atoms with E-state index in [0.29, 0.717) is 51.7 Å². The van der Waals surface area contributed by atoms with Gasteiger partial charge in [-0.3, -0.25) is 4.90 Å². The van der Waals surface area contributed by atoms with Crippen molar-refractivity contribution < 1.29 is 22.7 Å². The zero-order chi connectivity index (χ0) is 33.0. The maximum atomic E-state index is 13.6. The lowest BCUT2D eigenvalue weighted by molar-refractivity contribution is -0.137. The first kappa shape index (κ1) is 31.6. The largest absolute Gasteiger partial charge is 0.438 e. The van der Waals surface area contributed by atoms with Crippen molar-refractivity contribution >= 4 is 34.1 Å². The lowest BCUT2D eigenvalue weighted by Gasteiger charge is -2.32. The molecular weight excluding hydrogens is 611 g/mol. The van der Waals surface area contributed by atoms with Crippen molar-refractivity contribution in [1.29, 1.82) is 0 Å². The zero-order valence-corrected chi connectivity index (χ0v) is 25.7. The van der Waals surface area contributed by atoms with E-state index in [1.54, 1.807) is 37.5 Å². The van der Waals surface area contributed by atoms with Crippen LogP contribution in [0.3, 0.4) is 0 Å². The fourth-order valence-corrected chi connectivity index (χ4v) is 5.29. The number of fused-ring (bicyclic) bond motifs is 1. The number of piperazine rings is 1. The molecule has 1 aliphatic rings. The Bertz CT molecular complexity index is 1900. The molecule has 0 spiro atoms. The summed E-state index contributed by atoms with van der Waals surface area (Å²) in [6.45, 7) is 3.67. The number of rotatable bonds is 8. The summed E-state index contributed by atoms with van der Waals surface area (Å²) in [4.78, 5) is 34.8. The Balaban J connectivity index is 1.25. The number of anilines is 3. The van der Waals surface area contributed by atoms with Gasteiger partial charge in [0.1, 0.15) is 12.1 Å². The first-order valence-corrected chi connectivity index (χ1v) is 14.9. The molecule has 3 N–H and O–H groups in total. The van der Waals surface area contributed by atoms with E-state index in [1.165, 1.54) is 12.4 Å². The topological polar surface area (TPSA) is 120 Å². The van der Waals surface area contributed by atoms with Gasteiger partial charge < -0.3 is 25.6 Å². The number of aromatic nitrogens is 4. The highest BCUT2D eigenvalue weighted by molar-refractivity contribution is 6.07. The Hall–Kier alpha value is -5.34. The summed E-state index contributed by atoms with van der Waals surface area (Å²) < 4.78 is 47.2. The van der Waals surface area contributed by atoms with Crippen LogP contribution in [0.1, 0.15) is 11.1 Å². The molecule has 1 aliphatic heterocycles. The van der Waals surface area contributed by atoms with Gasteiger partial charge in [0.2, 0.25) is 11.8 Å². The number of likely N-dealkylation sites (N-methyl/N-ethyl adjacent to an activating group) is 1. The first-order valence-electron chi connectivity index (χ1n) is 14.9. The number of urea groups is 1. The lowest BCUT2D eigenvalue weighted by atomic mass is 10.1. The van der Waals surface area contributed by atoms with Gasteiger partial charge >= 0.3 is 12.2 Å². The number of ether oxygens (including phenoxy) is 1. The monoisotopic (exact) mass is 643 g/mol. The summed E-state index contributed by atoms with van der Waals surface area (Å²) >= 11 is 0. The number of amides is 2. The Morgan fingerprint density at radius 2 is 1.66 bits per heavy atom. The molecule has 0 atom stereocenters. The van der Waals surface area contributed by atoms with Gasteiger partial charge in [0.15, 0.2) is 5.82 Å². The number of halogens is 3. The highest BCUT2D eigenvalue weighted by atomic mass is 19.4. The van der Waals surface area contributed by atoms with Crippen LogP contribution >= 0.6 is 0 Å². The molecule has 3 aromatic carbocycles. The Morgan fingerprint density at radius 1 is 0.894 bits per heavy atom. The number of hydrogen-bond acceptors (Lipinski definition) is 9. The van der Waals surface area contributed by atoms with E-state index in [1.807, 2.05) is 31.3 Å². The van der Waals surface area contributed by atoms with Crippen molar-refractivity contribution in [2.75, 3.05) is 56.2 Å². The summed E-state index contributed by atoms with van der Waals surface area (Å²) in [7, 11) is 3.73. The second-order valence-corrected chi connectivity index (χ2v) is 11.0. The minimum atomic E-state index is -4.56. The van der Waals surface area contributed by atoms with Crippen LogP contribution in [0.15, 0.2) is 79.3 Å². The molecular formula is C33H32F3N9O2. The standard InChI is InChI=1S/C33H32F3N9O2/c1-37-31-40-20-39-29(43-31)25-8-5-13-38-30(25)47-28-12-11-26(23-6-3-4-7-24(23)28)41-32(46)42-27-18-22(33(34,35)36)10-9-21(27)19-45-16-14-44(2)15-17-45/h3-13,18,20H,14-17,19H2,1-2H3,(H2,41,42,46)(H,37,39,40,43). The van der Waals surface area contributed by atoms with Crippen molar-refractivity contribution in [2.24, 2.45) is 0 Å². The highest BCUT2D eigenvalue weighted by Crippen LogP contribution is 2.37. The number of alkyl halides is 3. The van der Waals surface area contributed by atoms with E-state index in [0.717, 1.165) is 38.3 Å². The average Bonchev–Trinajstić information content (AvgIpc) is 3.07. The van der Waals surface area contributed by atoms with E-state index in [-0.39, 0.29) is 11.6 Å². The molecule has 0 bridgehead atoms. The number of nitrogens with zero attached hydrogens (tertiary/aromatic N) is 6. The molecule has 14 heteroatoms. The van der Waals surface area contributed by atoms with Gasteiger partial charge in [-0.1, -0.05) is 30.3 Å². The fraction of sp³-hybridized carbons (Fsp3) is 0.242. The Morgan fingerprint density at radius 3 is 2.43 bits per heavy atom. The molecule has 47 heavy (non-hydrogen) atoms. The van der Waals surface area contributed by atoms with Crippen molar-refractivity contribution in [3.8, 4) is 23.0 Å². The second kappa shape index (κ2) is 13.6. The van der Waals surface area contributed by atoms with Crippen LogP contribution in [-0.4, -0.2) is 76.0 Å². The third-order valence-electron chi connectivity index (χ3n) is 7.82. The molecule has 6 rings (SSSR count). The molecule has 0 saturated carbocycles. The molecule has 0 radical (unpaired) electrons. The van der Waals surface area contributed by atoms with Gasteiger partial charge in [-0.2, -0.15) is 18.2 Å². The quantitative estimate of drug-likeness (QED) is 0.178. The van der Waals surface area contributed by atoms with Crippen molar-refractivity contribution in [1.82, 2.24) is 29.7 Å². The minimum Gasteiger partial charge on any atom is -0.438 e. The van der Waals surface area contributed by atoms with E-state index < -0.39 is 17.8 Å². The highest BCUT2D eigenvalue weighted by Gasteiger charge is 2.31. The maximum absolute atomic E-state index is 13.6. The van der Waals surface area contributed by atoms with Crippen LogP contribution in [0.4, 0.5) is 35.3 Å². The summed E-state index contributed by atoms with van der Waals surface area (Å²) in [5.74, 6) is 1.48. The fourth-order valence-electron chi connectivity index (χ4n) is 5.29. The van der Waals surface area contributed by atoms with Crippen molar-refractivity contribution in [3.63, 3.8) is 0 Å². The van der Waals surface area contributed by atoms with Gasteiger partial charge in [-0.05, 0) is 49.0 Å². The van der Waals surface area contributed by atoms with Crippen LogP contribution in [0, 0.1) is 0 Å². The predicted octanol–water partition coefficient (Wildman–Crippen LogP) is 6.33. The summed E-state index contributed by atoms with van der Waals surface area (Å²) in [5, 5.41) is 9.69. The molecule has 2 aromatic heterocycles. The van der Waals surface area contributed by atoms with Crippen molar-refractivity contribution in [3.05, 3.63) is 90.4 Å². The number of carbonyl (C=O) groups is 1. The Kier molecular flexibility index (Phi) is 9.13. The van der Waals surface area contributed by atoms with Crippen LogP contribution < -0.4 is 20.7 Å². The molecule has 11 nitrogen and oxygen atoms in total. The second-order valence-electron chi connectivity index (χ2n) is 11.0. The van der Waals surface area contributed by atoms with Crippen LogP contribution in [0.5, 0.6) is 11.6 Å². The number of carbonyl (C=O) groups excluding carboxylic acids is 1. The number of hydrogen-bond donors (Lipinski definition) is 3. The lowest BCUT2D eigenvalue weighted by Crippen LogP contribution is -2.44. The Labute approximate surface area is 268 Å². The van der Waals surface area contributed by atoms with Crippen LogP contribution in [-0.2, 0) is 12.7 Å². The van der Waals surface area contributed by atoms with E-state index in [2.05, 4.69) is 45.7 Å². The average molecular weight is 644 g/mol. The van der Waals surface area contributed by atoms with Crippen molar-refractivity contribution in [2.45, 2.75) is 12.7 Å². The third-order valence-corrected chi connectivity index (χ3v) is 7.82. The van der Waals surface area contributed by atoms with Gasteiger partial charge in [0.25, 0.3) is 0 Å². The SMILES string of the molecule is CNc1ncnc(-c2cccnc2Oc2ccc(NC(=O)Nc3cc(C(F)(F)F)ccc3CN3CCN(C)CC3)c3ccccc23)n1. The van der Waals surface area contributed by atoms with Gasteiger partial charge in [-0.25, -0.2) is 19.7 Å². The molecule has 0 aliphatic carbocycles. The number of pyridine rings is 1. The maximum Gasteiger partial charge on any atom is 0.416 e. The van der Waals surface area contributed by atoms with E-state index in [4.69, 9.17) is 4.74 Å². The molecule has 0 unspecified atom stereocenters. The third kappa shape index (κ3) is 7.39. The summed E-state index contributed by atoms with van der Waals surface area (Å²) in [6.07, 6.45) is -1.58. The summed E-state index contributed by atoms with van der Waals surface area (Å²) in [6, 6.07) is 17.0. The first-order chi connectivity index (χ1) is 22.7. The molecule has 3 heterocycles. The smallest absolute Gasteiger partial charge is 0.416 e. The number of benzene rings is 3. The van der Waals surface area contributed by atoms with E-state index >= 15 is 0 Å². The predicted molar refractivity (Wildman–Crippen MR) is 173 cm³/mol. The minimum absolute atomic E-state index is 0.1000. The molecule has 5 aromatic rings. The van der Waals surface area contributed by atoms with Gasteiger partial charge in [-0.15, -0.1) is 0 Å². The molecule has 242 valence electrons. The number of nitrogens with one attached hydrogen (secondary N) is 3. The van der Waals surface area contributed by atoms with E-state index in [9.17, 15) is 18.0 Å². The molecule has 2 amide bonds.